The number of nitrogen functional groups attached to an aromatic ring is 2. The minimum Gasteiger partial charge on any atom is -0.493 e. The zero-order chi connectivity index (χ0) is 30.5. The summed E-state index contributed by atoms with van der Waals surface area (Å²) in [6.07, 6.45) is -7.27. The number of aliphatic carboxylic acids is 2. The van der Waals surface area contributed by atoms with Crippen LogP contribution in [0.4, 0.5) is 11.4 Å². The predicted octanol–water partition coefficient (Wildman–Crippen LogP) is -0.887. The van der Waals surface area contributed by atoms with Crippen LogP contribution in [0.1, 0.15) is 12.8 Å². The molecule has 40 heavy (non-hydrogen) atoms. The monoisotopic (exact) mass is 570 g/mol. The van der Waals surface area contributed by atoms with E-state index < -0.39 is 36.4 Å². The average molecular weight is 571 g/mol. The highest BCUT2D eigenvalue weighted by Crippen LogP contribution is 2.15. The third-order valence-electron chi connectivity index (χ3n) is 4.90. The number of ether oxygens (including phenoxy) is 2. The maximum Gasteiger partial charge on any atom is 0.335 e. The normalized spacial score (nSPS) is 13.2. The van der Waals surface area contributed by atoms with Crippen LogP contribution < -0.4 is 31.6 Å². The zero-order valence-corrected chi connectivity index (χ0v) is 22.6. The van der Waals surface area contributed by atoms with Gasteiger partial charge in [-0.1, -0.05) is 12.1 Å². The van der Waals surface area contributed by atoms with E-state index in [0.29, 0.717) is 0 Å². The Kier molecular flexibility index (Phi) is 19.3. The Hall–Kier alpha value is -3.66. The van der Waals surface area contributed by atoms with Gasteiger partial charge < -0.3 is 62.2 Å². The SMILES string of the molecule is CNCCCOc1cccc(N)c1.CNCCCOc1cccc(N)c1.O=C(O)[C@@H](O)[C@H](O)[C@H](O)[C@@H](O)C(=O)O. The molecule has 226 valence electrons. The lowest BCUT2D eigenvalue weighted by atomic mass is 10.0. The fourth-order valence-electron chi connectivity index (χ4n) is 2.75. The molecular formula is C26H42N4O10. The lowest BCUT2D eigenvalue weighted by Gasteiger charge is -2.21. The van der Waals surface area contributed by atoms with Crippen LogP contribution in [0.2, 0.25) is 0 Å². The summed E-state index contributed by atoms with van der Waals surface area (Å²) in [5, 5.41) is 57.6. The average Bonchev–Trinajstić information content (AvgIpc) is 2.92. The summed E-state index contributed by atoms with van der Waals surface area (Å²) in [4.78, 5) is 20.2. The third-order valence-corrected chi connectivity index (χ3v) is 4.90. The second-order valence-corrected chi connectivity index (χ2v) is 8.30. The van der Waals surface area contributed by atoms with E-state index in [1.54, 1.807) is 0 Å². The number of carboxylic acid groups (broad SMARTS) is 2. The van der Waals surface area contributed by atoms with E-state index in [4.69, 9.17) is 51.6 Å². The van der Waals surface area contributed by atoms with E-state index in [-0.39, 0.29) is 0 Å². The van der Waals surface area contributed by atoms with Crippen molar-refractivity contribution in [3.05, 3.63) is 48.5 Å². The van der Waals surface area contributed by atoms with Crippen LogP contribution in [0.15, 0.2) is 48.5 Å². The summed E-state index contributed by atoms with van der Waals surface area (Å²) in [6.45, 7) is 3.40. The van der Waals surface area contributed by atoms with E-state index in [0.717, 1.165) is 62.0 Å². The molecule has 0 aromatic heterocycles. The molecular weight excluding hydrogens is 528 g/mol. The molecule has 2 aromatic rings. The van der Waals surface area contributed by atoms with Crippen molar-refractivity contribution in [2.24, 2.45) is 0 Å². The number of nitrogens with one attached hydrogen (secondary N) is 2. The standard InChI is InChI=1S/2C10H16N2O.C6H10O8/c2*1-12-6-3-7-13-10-5-2-4-9(11)8-10;7-1(3(9)5(11)12)2(8)4(10)6(13)14/h2*2,4-5,8,12H,3,6-7,11H2,1H3;1-4,7-10H,(H,11,12)(H,13,14)/t;;1-,2+,3+,4-. The first-order chi connectivity index (χ1) is 18.9. The smallest absolute Gasteiger partial charge is 0.335 e. The summed E-state index contributed by atoms with van der Waals surface area (Å²) in [5.41, 5.74) is 12.7. The van der Waals surface area contributed by atoms with Crippen molar-refractivity contribution in [2.75, 3.05) is 51.9 Å². The number of nitrogens with two attached hydrogens (primary N) is 2. The molecule has 14 heteroatoms. The number of carbonyl (C=O) groups is 2. The van der Waals surface area contributed by atoms with Gasteiger partial charge in [0.05, 0.1) is 13.2 Å². The molecule has 0 radical (unpaired) electrons. The topological polar surface area (TPSA) is 250 Å². The van der Waals surface area contributed by atoms with E-state index in [2.05, 4.69) is 10.6 Å². The lowest BCUT2D eigenvalue weighted by molar-refractivity contribution is -0.172. The van der Waals surface area contributed by atoms with Crippen molar-refractivity contribution in [1.82, 2.24) is 10.6 Å². The number of rotatable bonds is 15. The van der Waals surface area contributed by atoms with Crippen LogP contribution >= 0.6 is 0 Å². The fourth-order valence-corrected chi connectivity index (χ4v) is 2.75. The Bertz CT molecular complexity index is 905. The van der Waals surface area contributed by atoms with Gasteiger partial charge in [0.15, 0.2) is 12.2 Å². The maximum atomic E-state index is 10.1. The number of aliphatic hydroxyl groups excluding tert-OH is 4. The molecule has 0 heterocycles. The van der Waals surface area contributed by atoms with Crippen LogP contribution in [-0.2, 0) is 9.59 Å². The molecule has 0 fully saturated rings. The second kappa shape index (κ2) is 21.2. The first-order valence-corrected chi connectivity index (χ1v) is 12.4. The molecule has 14 nitrogen and oxygen atoms in total. The second-order valence-electron chi connectivity index (χ2n) is 8.30. The Morgan fingerprint density at radius 2 is 1.07 bits per heavy atom. The molecule has 0 aliphatic heterocycles. The van der Waals surface area contributed by atoms with Crippen molar-refractivity contribution < 1.29 is 49.7 Å². The van der Waals surface area contributed by atoms with Gasteiger partial charge in [0.25, 0.3) is 0 Å². The summed E-state index contributed by atoms with van der Waals surface area (Å²) >= 11 is 0. The van der Waals surface area contributed by atoms with Gasteiger partial charge in [-0.2, -0.15) is 0 Å². The molecule has 0 aliphatic carbocycles. The van der Waals surface area contributed by atoms with Gasteiger partial charge in [0.2, 0.25) is 0 Å². The molecule has 0 spiro atoms. The minimum atomic E-state index is -2.36. The highest BCUT2D eigenvalue weighted by Gasteiger charge is 2.37. The Balaban J connectivity index is 0.000000571. The first kappa shape index (κ1) is 36.3. The number of hydrogen-bond acceptors (Lipinski definition) is 12. The van der Waals surface area contributed by atoms with Crippen molar-refractivity contribution in [3.63, 3.8) is 0 Å². The molecule has 0 amide bonds. The fraction of sp³-hybridized carbons (Fsp3) is 0.462. The summed E-state index contributed by atoms with van der Waals surface area (Å²) in [6, 6.07) is 15.0. The number of benzene rings is 2. The van der Waals surface area contributed by atoms with Crippen LogP contribution in [0.3, 0.4) is 0 Å². The van der Waals surface area contributed by atoms with Gasteiger partial charge in [-0.05, 0) is 64.3 Å². The van der Waals surface area contributed by atoms with E-state index in [1.807, 2.05) is 62.6 Å². The molecule has 4 atom stereocenters. The highest BCUT2D eigenvalue weighted by atomic mass is 16.5. The molecule has 2 aromatic carbocycles. The lowest BCUT2D eigenvalue weighted by Crippen LogP contribution is -2.49. The van der Waals surface area contributed by atoms with Gasteiger partial charge in [-0.3, -0.25) is 0 Å². The van der Waals surface area contributed by atoms with E-state index >= 15 is 0 Å². The molecule has 0 saturated carbocycles. The number of carboxylic acids is 2. The first-order valence-electron chi connectivity index (χ1n) is 12.4. The summed E-state index contributed by atoms with van der Waals surface area (Å²) < 4.78 is 10.9. The molecule has 0 aliphatic rings. The van der Waals surface area contributed by atoms with Crippen molar-refractivity contribution in [3.8, 4) is 11.5 Å². The highest BCUT2D eigenvalue weighted by molar-refractivity contribution is 5.75. The van der Waals surface area contributed by atoms with Gasteiger partial charge in [-0.15, -0.1) is 0 Å². The van der Waals surface area contributed by atoms with Crippen LogP contribution in [0, 0.1) is 0 Å². The summed E-state index contributed by atoms with van der Waals surface area (Å²) in [5.74, 6) is -1.99. The van der Waals surface area contributed by atoms with Crippen molar-refractivity contribution >= 4 is 23.3 Å². The molecule has 0 bridgehead atoms. The predicted molar refractivity (Wildman–Crippen MR) is 149 cm³/mol. The number of hydrogen-bond donors (Lipinski definition) is 10. The Labute approximate surface area is 233 Å². The van der Waals surface area contributed by atoms with Gasteiger partial charge in [0.1, 0.15) is 23.7 Å². The van der Waals surface area contributed by atoms with Crippen molar-refractivity contribution in [2.45, 2.75) is 37.3 Å². The van der Waals surface area contributed by atoms with Gasteiger partial charge in [0, 0.05) is 23.5 Å². The van der Waals surface area contributed by atoms with Gasteiger partial charge >= 0.3 is 11.9 Å². The van der Waals surface area contributed by atoms with E-state index in [1.165, 1.54) is 0 Å². The molecule has 2 rings (SSSR count). The summed E-state index contributed by atoms with van der Waals surface area (Å²) in [7, 11) is 3.86. The Morgan fingerprint density at radius 1 is 0.725 bits per heavy atom. The van der Waals surface area contributed by atoms with Gasteiger partial charge in [-0.25, -0.2) is 9.59 Å². The van der Waals surface area contributed by atoms with Crippen LogP contribution in [-0.4, -0.2) is 107 Å². The number of anilines is 2. The molecule has 12 N–H and O–H groups in total. The quantitative estimate of drug-likeness (QED) is 0.0922. The third kappa shape index (κ3) is 16.3. The van der Waals surface area contributed by atoms with E-state index in [9.17, 15) is 9.59 Å². The minimum absolute atomic E-state index is 0.726. The largest absolute Gasteiger partial charge is 0.493 e. The maximum absolute atomic E-state index is 10.1. The zero-order valence-electron chi connectivity index (χ0n) is 22.6. The molecule has 0 saturated heterocycles. The van der Waals surface area contributed by atoms with Crippen LogP contribution in [0.5, 0.6) is 11.5 Å². The van der Waals surface area contributed by atoms with Crippen LogP contribution in [0.25, 0.3) is 0 Å². The van der Waals surface area contributed by atoms with Crippen molar-refractivity contribution in [1.29, 1.82) is 0 Å². The molecule has 0 unspecified atom stereocenters. The number of aliphatic hydroxyl groups is 4. The Morgan fingerprint density at radius 3 is 1.35 bits per heavy atom.